The van der Waals surface area contributed by atoms with Gasteiger partial charge < -0.3 is 5.73 Å². The quantitative estimate of drug-likeness (QED) is 0.431. The lowest BCUT2D eigenvalue weighted by Crippen LogP contribution is -1.94. The van der Waals surface area contributed by atoms with Crippen LogP contribution in [-0.2, 0) is 0 Å². The van der Waals surface area contributed by atoms with E-state index in [-0.39, 0.29) is 0 Å². The highest BCUT2D eigenvalue weighted by molar-refractivity contribution is 5.71. The molecule has 0 unspecified atom stereocenters. The summed E-state index contributed by atoms with van der Waals surface area (Å²) in [6.07, 6.45) is 11.0. The summed E-state index contributed by atoms with van der Waals surface area (Å²) in [5.41, 5.74) is 5.21. The predicted octanol–water partition coefficient (Wildman–Crippen LogP) is 0.553. The van der Waals surface area contributed by atoms with Crippen molar-refractivity contribution >= 4 is 6.21 Å². The highest BCUT2D eigenvalue weighted by Crippen LogP contribution is 1.75. The molecular weight excluding hydrogens is 112 g/mol. The van der Waals surface area contributed by atoms with Gasteiger partial charge in [-0.2, -0.15) is 0 Å². The van der Waals surface area contributed by atoms with Gasteiger partial charge in [-0.05, 0) is 19.0 Å². The molecule has 0 aliphatic rings. The number of terminal acetylenes is 1. The van der Waals surface area contributed by atoms with Gasteiger partial charge in [-0.1, -0.05) is 12.5 Å². The Kier molecular flexibility index (Phi) is 6.11. The van der Waals surface area contributed by atoms with E-state index in [1.54, 1.807) is 12.3 Å². The minimum atomic E-state index is 0.667. The minimum absolute atomic E-state index is 0.667. The van der Waals surface area contributed by atoms with Gasteiger partial charge in [0.2, 0.25) is 0 Å². The first kappa shape index (κ1) is 7.93. The van der Waals surface area contributed by atoms with Crippen molar-refractivity contribution in [1.82, 2.24) is 0 Å². The van der Waals surface area contributed by atoms with E-state index >= 15 is 0 Å². The van der Waals surface area contributed by atoms with Crippen LogP contribution in [0.1, 0.15) is 6.42 Å². The molecule has 2 N–H and O–H groups in total. The summed E-state index contributed by atoms with van der Waals surface area (Å²) in [6, 6.07) is 2.13. The number of aliphatic imine (C=N–C) groups is 1. The molecule has 0 bridgehead atoms. The van der Waals surface area contributed by atoms with E-state index < -0.39 is 0 Å². The molecule has 0 spiro atoms. The van der Waals surface area contributed by atoms with Crippen LogP contribution in [0, 0.1) is 12.5 Å². The zero-order chi connectivity index (χ0) is 6.95. The molecule has 0 rings (SSSR count). The van der Waals surface area contributed by atoms with Gasteiger partial charge in [0.1, 0.15) is 0 Å². The van der Waals surface area contributed by atoms with E-state index in [2.05, 4.69) is 11.0 Å². The average Bonchev–Trinajstić information content (AvgIpc) is 1.89. The van der Waals surface area contributed by atoms with Crippen LogP contribution >= 0.6 is 0 Å². The van der Waals surface area contributed by atoms with E-state index in [1.807, 2.05) is 6.08 Å². The fraction of sp³-hybridized carbons (Fsp3) is 0.286. The minimum Gasteiger partial charge on any atom is -0.330 e. The third-order valence-electron chi connectivity index (χ3n) is 0.705. The van der Waals surface area contributed by atoms with Crippen LogP contribution < -0.4 is 5.73 Å². The van der Waals surface area contributed by atoms with E-state index in [9.17, 15) is 0 Å². The second-order valence-electron chi connectivity index (χ2n) is 1.41. The summed E-state index contributed by atoms with van der Waals surface area (Å²) in [6.45, 7) is 0.667. The van der Waals surface area contributed by atoms with Crippen LogP contribution in [0.4, 0.5) is 0 Å². The molecule has 0 fully saturated rings. The van der Waals surface area contributed by atoms with Crippen molar-refractivity contribution in [2.75, 3.05) is 6.54 Å². The summed E-state index contributed by atoms with van der Waals surface area (Å²) < 4.78 is 0. The molecule has 0 heterocycles. The van der Waals surface area contributed by atoms with Crippen molar-refractivity contribution < 1.29 is 0 Å². The lowest BCUT2D eigenvalue weighted by molar-refractivity contribution is 1.01. The Morgan fingerprint density at radius 2 is 2.44 bits per heavy atom. The van der Waals surface area contributed by atoms with Crippen LogP contribution in [0.2, 0.25) is 0 Å². The number of rotatable bonds is 3. The van der Waals surface area contributed by atoms with E-state index in [1.165, 1.54) is 0 Å². The Hall–Kier alpha value is -1.07. The van der Waals surface area contributed by atoms with Crippen LogP contribution in [0.5, 0.6) is 0 Å². The Balaban J connectivity index is 3.27. The van der Waals surface area contributed by atoms with Gasteiger partial charge in [-0.3, -0.25) is 0 Å². The average molecular weight is 122 g/mol. The van der Waals surface area contributed by atoms with Crippen LogP contribution in [-0.4, -0.2) is 12.8 Å². The molecule has 0 aromatic rings. The number of nitrogens with two attached hydrogens (primary N) is 1. The van der Waals surface area contributed by atoms with Gasteiger partial charge in [0.25, 0.3) is 0 Å². The van der Waals surface area contributed by atoms with Gasteiger partial charge in [0.15, 0.2) is 0 Å². The van der Waals surface area contributed by atoms with Crippen molar-refractivity contribution in [3.8, 4) is 12.5 Å². The summed E-state index contributed by atoms with van der Waals surface area (Å²) >= 11 is 0. The first-order valence-electron chi connectivity index (χ1n) is 2.75. The molecule has 0 aliphatic carbocycles. The highest BCUT2D eigenvalue weighted by Gasteiger charge is 1.67. The number of allylic oxidation sites excluding steroid dienone is 1. The van der Waals surface area contributed by atoms with Gasteiger partial charge in [0, 0.05) is 12.3 Å². The topological polar surface area (TPSA) is 38.4 Å². The number of nitrogens with zero attached hydrogens (tertiary/aromatic N) is 1. The van der Waals surface area contributed by atoms with Crippen LogP contribution in [0.25, 0.3) is 0 Å². The molecule has 48 valence electrons. The molecule has 0 amide bonds. The third-order valence-corrected chi connectivity index (χ3v) is 0.705. The molecule has 0 saturated heterocycles. The van der Waals surface area contributed by atoms with Gasteiger partial charge >= 0.3 is 0 Å². The SMILES string of the molecule is C#C/N=C\C=C/CCN. The predicted molar refractivity (Wildman–Crippen MR) is 40.1 cm³/mol. The molecule has 2 nitrogen and oxygen atoms in total. The summed E-state index contributed by atoms with van der Waals surface area (Å²) in [5.74, 6) is 0. The molecule has 0 radical (unpaired) electrons. The molecule has 0 aromatic heterocycles. The smallest absolute Gasteiger partial charge is 0.0372 e. The van der Waals surface area contributed by atoms with Gasteiger partial charge in [0.05, 0.1) is 0 Å². The van der Waals surface area contributed by atoms with Crippen molar-refractivity contribution in [2.24, 2.45) is 10.7 Å². The maximum Gasteiger partial charge on any atom is 0.0372 e. The molecule has 2 heteroatoms. The Morgan fingerprint density at radius 1 is 1.67 bits per heavy atom. The number of hydrogen-bond acceptors (Lipinski definition) is 2. The maximum atomic E-state index is 5.21. The van der Waals surface area contributed by atoms with Gasteiger partial charge in [-0.25, -0.2) is 4.99 Å². The first-order chi connectivity index (χ1) is 4.41. The van der Waals surface area contributed by atoms with Crippen molar-refractivity contribution in [1.29, 1.82) is 0 Å². The lowest BCUT2D eigenvalue weighted by atomic mass is 10.4. The largest absolute Gasteiger partial charge is 0.330 e. The van der Waals surface area contributed by atoms with Crippen molar-refractivity contribution in [3.05, 3.63) is 12.2 Å². The fourth-order valence-corrected chi connectivity index (χ4v) is 0.339. The molecule has 9 heavy (non-hydrogen) atoms. The third kappa shape index (κ3) is 6.93. The fourth-order valence-electron chi connectivity index (χ4n) is 0.339. The second kappa shape index (κ2) is 6.93. The molecular formula is C7H10N2. The molecule has 0 saturated carbocycles. The van der Waals surface area contributed by atoms with Gasteiger partial charge in [-0.15, -0.1) is 0 Å². The molecule has 0 aromatic carbocycles. The summed E-state index contributed by atoms with van der Waals surface area (Å²) in [4.78, 5) is 3.52. The Labute approximate surface area is 55.5 Å². The Morgan fingerprint density at radius 3 is 3.00 bits per heavy atom. The standard InChI is InChI=1S/C7H10N2/c1-2-9-7-5-3-4-6-8/h1,3,5,7H,4,6,8H2/b5-3-,9-7-. The first-order valence-corrected chi connectivity index (χ1v) is 2.75. The molecule has 0 atom stereocenters. The van der Waals surface area contributed by atoms with Crippen LogP contribution in [0.3, 0.4) is 0 Å². The second-order valence-corrected chi connectivity index (χ2v) is 1.41. The van der Waals surface area contributed by atoms with Crippen molar-refractivity contribution in [2.45, 2.75) is 6.42 Å². The highest BCUT2D eigenvalue weighted by atomic mass is 14.6. The van der Waals surface area contributed by atoms with E-state index in [0.717, 1.165) is 6.42 Å². The van der Waals surface area contributed by atoms with Crippen molar-refractivity contribution in [3.63, 3.8) is 0 Å². The monoisotopic (exact) mass is 122 g/mol. The zero-order valence-electron chi connectivity index (χ0n) is 5.25. The summed E-state index contributed by atoms with van der Waals surface area (Å²) in [5, 5.41) is 0. The summed E-state index contributed by atoms with van der Waals surface area (Å²) in [7, 11) is 0. The van der Waals surface area contributed by atoms with E-state index in [0.29, 0.717) is 6.54 Å². The maximum absolute atomic E-state index is 5.21. The number of hydrogen-bond donors (Lipinski definition) is 1. The molecule has 0 aliphatic heterocycles. The normalized spacial score (nSPS) is 10.7. The zero-order valence-corrected chi connectivity index (χ0v) is 5.25. The lowest BCUT2D eigenvalue weighted by Gasteiger charge is -1.78. The Bertz CT molecular complexity index is 139. The van der Waals surface area contributed by atoms with Crippen LogP contribution in [0.15, 0.2) is 17.1 Å². The van der Waals surface area contributed by atoms with E-state index in [4.69, 9.17) is 12.2 Å².